The van der Waals surface area contributed by atoms with Crippen LogP contribution < -0.4 is 0 Å². The molecule has 1 fully saturated rings. The fourth-order valence-electron chi connectivity index (χ4n) is 3.62. The van der Waals surface area contributed by atoms with E-state index in [-0.39, 0.29) is 0 Å². The number of imidazole rings is 1. The molecule has 23 heavy (non-hydrogen) atoms. The van der Waals surface area contributed by atoms with E-state index in [0.717, 1.165) is 31.1 Å². The zero-order valence-corrected chi connectivity index (χ0v) is 13.8. The summed E-state index contributed by atoms with van der Waals surface area (Å²) in [4.78, 5) is 7.07. The van der Waals surface area contributed by atoms with E-state index in [9.17, 15) is 0 Å². The average molecular weight is 309 g/mol. The summed E-state index contributed by atoms with van der Waals surface area (Å²) in [7, 11) is 1.98. The highest BCUT2D eigenvalue weighted by molar-refractivity contribution is 5.41. The van der Waals surface area contributed by atoms with Gasteiger partial charge in [0.25, 0.3) is 0 Å². The Morgan fingerprint density at radius 2 is 2.13 bits per heavy atom. The number of aromatic nitrogens is 4. The van der Waals surface area contributed by atoms with Gasteiger partial charge in [-0.2, -0.15) is 5.10 Å². The summed E-state index contributed by atoms with van der Waals surface area (Å²) >= 11 is 0. The van der Waals surface area contributed by atoms with E-state index < -0.39 is 0 Å². The zero-order valence-electron chi connectivity index (χ0n) is 13.8. The molecule has 0 aliphatic carbocycles. The van der Waals surface area contributed by atoms with Crippen LogP contribution in [0.4, 0.5) is 0 Å². The van der Waals surface area contributed by atoms with Crippen molar-refractivity contribution in [1.29, 1.82) is 0 Å². The molecule has 5 nitrogen and oxygen atoms in total. The average Bonchev–Trinajstić information content (AvgIpc) is 3.22. The number of hydrogen-bond donors (Lipinski definition) is 0. The number of pyridine rings is 1. The quantitative estimate of drug-likeness (QED) is 0.743. The van der Waals surface area contributed by atoms with Crippen molar-refractivity contribution in [3.05, 3.63) is 53.7 Å². The molecule has 1 aliphatic heterocycles. The minimum absolute atomic E-state index is 0.736. The highest BCUT2D eigenvalue weighted by Gasteiger charge is 2.23. The number of nitrogens with zero attached hydrogens (tertiary/aromatic N) is 5. The van der Waals surface area contributed by atoms with Crippen LogP contribution in [0.15, 0.2) is 36.9 Å². The molecule has 0 aromatic carbocycles. The van der Waals surface area contributed by atoms with Crippen molar-refractivity contribution < 1.29 is 0 Å². The SMILES string of the molecule is Cc1ccc2ncc(CN3CC[C@H](Cc4cnn(C)c4)C3)n2c1. The molecule has 1 aliphatic rings. The van der Waals surface area contributed by atoms with Gasteiger partial charge in [-0.3, -0.25) is 9.58 Å². The maximum absolute atomic E-state index is 4.52. The molecule has 0 radical (unpaired) electrons. The first-order chi connectivity index (χ1) is 11.2. The van der Waals surface area contributed by atoms with Gasteiger partial charge in [-0.05, 0) is 49.4 Å². The Kier molecular flexibility index (Phi) is 3.65. The number of likely N-dealkylation sites (tertiary alicyclic amines) is 1. The van der Waals surface area contributed by atoms with E-state index in [4.69, 9.17) is 0 Å². The third-order valence-electron chi connectivity index (χ3n) is 4.77. The van der Waals surface area contributed by atoms with Gasteiger partial charge in [-0.15, -0.1) is 0 Å². The molecule has 120 valence electrons. The second kappa shape index (κ2) is 5.81. The van der Waals surface area contributed by atoms with Gasteiger partial charge in [-0.1, -0.05) is 6.07 Å². The van der Waals surface area contributed by atoms with E-state index in [1.807, 2.05) is 24.1 Å². The third kappa shape index (κ3) is 3.01. The second-order valence-corrected chi connectivity index (χ2v) is 6.80. The van der Waals surface area contributed by atoms with Crippen molar-refractivity contribution in [3.63, 3.8) is 0 Å². The summed E-state index contributed by atoms with van der Waals surface area (Å²) in [5.41, 5.74) is 4.94. The van der Waals surface area contributed by atoms with Crippen LogP contribution in [0.1, 0.15) is 23.2 Å². The Hall–Kier alpha value is -2.14. The molecule has 0 N–H and O–H groups in total. The first-order valence-electron chi connectivity index (χ1n) is 8.30. The lowest BCUT2D eigenvalue weighted by atomic mass is 10.0. The van der Waals surface area contributed by atoms with Crippen LogP contribution in [0, 0.1) is 12.8 Å². The van der Waals surface area contributed by atoms with Gasteiger partial charge in [0.2, 0.25) is 0 Å². The summed E-state index contributed by atoms with van der Waals surface area (Å²) in [6.07, 6.45) is 10.7. The Labute approximate surface area is 136 Å². The maximum Gasteiger partial charge on any atom is 0.136 e. The molecular formula is C18H23N5. The molecule has 1 atom stereocenters. The Bertz CT molecular complexity index is 816. The zero-order chi connectivity index (χ0) is 15.8. The predicted molar refractivity (Wildman–Crippen MR) is 90.2 cm³/mol. The van der Waals surface area contributed by atoms with E-state index in [1.54, 1.807) is 0 Å². The number of rotatable bonds is 4. The fraction of sp³-hybridized carbons (Fsp3) is 0.444. The highest BCUT2D eigenvalue weighted by Crippen LogP contribution is 2.22. The van der Waals surface area contributed by atoms with Crippen LogP contribution in [0.2, 0.25) is 0 Å². The topological polar surface area (TPSA) is 38.4 Å². The molecule has 0 unspecified atom stereocenters. The molecule has 4 rings (SSSR count). The smallest absolute Gasteiger partial charge is 0.136 e. The van der Waals surface area contributed by atoms with Crippen molar-refractivity contribution in [2.45, 2.75) is 26.3 Å². The number of hydrogen-bond acceptors (Lipinski definition) is 3. The fourth-order valence-corrected chi connectivity index (χ4v) is 3.62. The van der Waals surface area contributed by atoms with Crippen molar-refractivity contribution >= 4 is 5.65 Å². The van der Waals surface area contributed by atoms with Crippen molar-refractivity contribution in [2.24, 2.45) is 13.0 Å². The molecule has 0 bridgehead atoms. The molecule has 4 heterocycles. The molecule has 0 amide bonds. The van der Waals surface area contributed by atoms with Gasteiger partial charge >= 0.3 is 0 Å². The first-order valence-corrected chi connectivity index (χ1v) is 8.30. The van der Waals surface area contributed by atoms with Gasteiger partial charge < -0.3 is 4.40 Å². The molecule has 0 saturated carbocycles. The Morgan fingerprint density at radius 1 is 1.22 bits per heavy atom. The minimum Gasteiger partial charge on any atom is -0.303 e. The van der Waals surface area contributed by atoms with Crippen molar-refractivity contribution in [1.82, 2.24) is 24.1 Å². The molecule has 3 aromatic heterocycles. The van der Waals surface area contributed by atoms with Crippen LogP contribution in [-0.4, -0.2) is 37.2 Å². The lowest BCUT2D eigenvalue weighted by molar-refractivity contribution is 0.311. The number of aryl methyl sites for hydroxylation is 2. The van der Waals surface area contributed by atoms with Gasteiger partial charge in [0, 0.05) is 32.5 Å². The highest BCUT2D eigenvalue weighted by atomic mass is 15.2. The maximum atomic E-state index is 4.52. The van der Waals surface area contributed by atoms with Crippen molar-refractivity contribution in [2.75, 3.05) is 13.1 Å². The number of fused-ring (bicyclic) bond motifs is 1. The molecular weight excluding hydrogens is 286 g/mol. The molecule has 1 saturated heterocycles. The second-order valence-electron chi connectivity index (χ2n) is 6.80. The lowest BCUT2D eigenvalue weighted by Crippen LogP contribution is -2.21. The normalized spacial score (nSPS) is 19.0. The van der Waals surface area contributed by atoms with E-state index in [1.165, 1.54) is 29.8 Å². The van der Waals surface area contributed by atoms with Crippen LogP contribution in [0.25, 0.3) is 5.65 Å². The summed E-state index contributed by atoms with van der Waals surface area (Å²) in [6.45, 7) is 5.44. The van der Waals surface area contributed by atoms with E-state index >= 15 is 0 Å². The Balaban J connectivity index is 1.42. The summed E-state index contributed by atoms with van der Waals surface area (Å²) in [5, 5.41) is 4.27. The van der Waals surface area contributed by atoms with Crippen LogP contribution in [0.5, 0.6) is 0 Å². The van der Waals surface area contributed by atoms with Gasteiger partial charge in [0.05, 0.1) is 18.1 Å². The van der Waals surface area contributed by atoms with Crippen molar-refractivity contribution in [3.8, 4) is 0 Å². The molecule has 0 spiro atoms. The third-order valence-corrected chi connectivity index (χ3v) is 4.77. The molecule has 3 aromatic rings. The standard InChI is InChI=1S/C18H23N5/c1-14-3-4-18-19-9-17(23(18)10-14)13-22-6-5-15(12-22)7-16-8-20-21(2)11-16/h3-4,8-11,15H,5-7,12-13H2,1-2H3/t15-/m1/s1. The largest absolute Gasteiger partial charge is 0.303 e. The first kappa shape index (κ1) is 14.5. The Morgan fingerprint density at radius 3 is 2.96 bits per heavy atom. The minimum atomic E-state index is 0.736. The van der Waals surface area contributed by atoms with Crippen LogP contribution >= 0.6 is 0 Å². The predicted octanol–water partition coefficient (Wildman–Crippen LogP) is 2.44. The summed E-state index contributed by atoms with van der Waals surface area (Å²) in [5.74, 6) is 0.736. The molecule has 5 heteroatoms. The van der Waals surface area contributed by atoms with E-state index in [2.05, 4.69) is 50.8 Å². The van der Waals surface area contributed by atoms with Gasteiger partial charge in [-0.25, -0.2) is 4.98 Å². The summed E-state index contributed by atoms with van der Waals surface area (Å²) in [6, 6.07) is 4.21. The lowest BCUT2D eigenvalue weighted by Gasteiger charge is -2.15. The van der Waals surface area contributed by atoms with Crippen LogP contribution in [-0.2, 0) is 20.0 Å². The van der Waals surface area contributed by atoms with Crippen LogP contribution in [0.3, 0.4) is 0 Å². The van der Waals surface area contributed by atoms with E-state index in [0.29, 0.717) is 0 Å². The monoisotopic (exact) mass is 309 g/mol. The summed E-state index contributed by atoms with van der Waals surface area (Å²) < 4.78 is 4.12. The van der Waals surface area contributed by atoms with Gasteiger partial charge in [0.1, 0.15) is 5.65 Å². The van der Waals surface area contributed by atoms with Gasteiger partial charge in [0.15, 0.2) is 0 Å².